The fourth-order valence-corrected chi connectivity index (χ4v) is 1.39. The molecule has 10 heavy (non-hydrogen) atoms. The summed E-state index contributed by atoms with van der Waals surface area (Å²) in [6.07, 6.45) is 1.72. The number of allylic oxidation sites excluding steroid dienone is 1. The van der Waals surface area contributed by atoms with Gasteiger partial charge in [0, 0.05) is 0 Å². The molecule has 0 aromatic rings. The van der Waals surface area contributed by atoms with Crippen LogP contribution in [0.1, 0.15) is 19.8 Å². The van der Waals surface area contributed by atoms with Crippen LogP contribution >= 0.6 is 12.2 Å². The predicted octanol–water partition coefficient (Wildman–Crippen LogP) is 1.68. The molecule has 1 unspecified atom stereocenters. The second-order valence-corrected chi connectivity index (χ2v) is 3.38. The molecule has 0 saturated heterocycles. The van der Waals surface area contributed by atoms with Crippen LogP contribution in [0.4, 0.5) is 0 Å². The standard InChI is InChI=1S/C8H10BS/c1-5-4-8(10)6(2)3-7(5)9/h5H,2-4H2,1H3. The van der Waals surface area contributed by atoms with Crippen molar-refractivity contribution >= 4 is 30.0 Å². The molecular weight excluding hydrogens is 139 g/mol. The zero-order chi connectivity index (χ0) is 7.72. The molecule has 0 aromatic carbocycles. The van der Waals surface area contributed by atoms with Gasteiger partial charge in [-0.05, 0) is 0 Å². The molecule has 2 heteroatoms. The van der Waals surface area contributed by atoms with Crippen LogP contribution in [0.5, 0.6) is 0 Å². The first-order chi connectivity index (χ1) is 4.61. The molecule has 1 aliphatic carbocycles. The Kier molecular flexibility index (Phi) is 2.19. The molecule has 0 bridgehead atoms. The van der Waals surface area contributed by atoms with Gasteiger partial charge < -0.3 is 0 Å². The van der Waals surface area contributed by atoms with E-state index in [2.05, 4.69) is 13.5 Å². The van der Waals surface area contributed by atoms with Gasteiger partial charge in [-0.1, -0.05) is 0 Å². The topological polar surface area (TPSA) is 0 Å². The molecule has 0 aliphatic heterocycles. The first-order valence-corrected chi connectivity index (χ1v) is 3.84. The molecule has 0 heterocycles. The van der Waals surface area contributed by atoms with Crippen molar-refractivity contribution in [3.05, 3.63) is 12.2 Å². The molecule has 1 radical (unpaired) electrons. The van der Waals surface area contributed by atoms with Gasteiger partial charge in [0.1, 0.15) is 0 Å². The van der Waals surface area contributed by atoms with Gasteiger partial charge in [-0.3, -0.25) is 0 Å². The predicted molar refractivity (Wildman–Crippen MR) is 50.9 cm³/mol. The maximum absolute atomic E-state index is 5.73. The number of hydrogen-bond donors (Lipinski definition) is 0. The molecule has 0 nitrogen and oxygen atoms in total. The molecule has 0 amide bonds. The maximum atomic E-state index is 5.73. The fourth-order valence-electron chi connectivity index (χ4n) is 1.07. The second-order valence-electron chi connectivity index (χ2n) is 2.88. The van der Waals surface area contributed by atoms with Crippen molar-refractivity contribution in [1.29, 1.82) is 0 Å². The minimum atomic E-state index is 0.456. The summed E-state index contributed by atoms with van der Waals surface area (Å²) >= 11 is 5.09. The van der Waals surface area contributed by atoms with E-state index in [0.717, 1.165) is 28.7 Å². The van der Waals surface area contributed by atoms with Crippen molar-refractivity contribution < 1.29 is 0 Å². The van der Waals surface area contributed by atoms with Gasteiger partial charge >= 0.3 is 67.9 Å². The van der Waals surface area contributed by atoms with Crippen LogP contribution in [-0.2, 0) is 0 Å². The van der Waals surface area contributed by atoms with Gasteiger partial charge in [0.25, 0.3) is 0 Å². The van der Waals surface area contributed by atoms with Crippen LogP contribution in [0.3, 0.4) is 0 Å². The summed E-state index contributed by atoms with van der Waals surface area (Å²) in [6, 6.07) is 0. The molecule has 0 aromatic heterocycles. The minimum absolute atomic E-state index is 0.456. The quantitative estimate of drug-likeness (QED) is 0.287. The van der Waals surface area contributed by atoms with Crippen LogP contribution in [0.2, 0.25) is 0 Å². The van der Waals surface area contributed by atoms with E-state index in [0.29, 0.717) is 5.92 Å². The first kappa shape index (κ1) is 7.87. The number of rotatable bonds is 0. The van der Waals surface area contributed by atoms with E-state index in [1.165, 1.54) is 0 Å². The monoisotopic (exact) mass is 149 g/mol. The van der Waals surface area contributed by atoms with Crippen molar-refractivity contribution in [3.63, 3.8) is 0 Å². The summed E-state index contributed by atoms with van der Waals surface area (Å²) in [5, 5.41) is 0. The van der Waals surface area contributed by atoms with Crippen molar-refractivity contribution in [2.24, 2.45) is 5.92 Å². The van der Waals surface area contributed by atoms with Gasteiger partial charge in [-0.15, -0.1) is 0 Å². The van der Waals surface area contributed by atoms with E-state index in [1.807, 2.05) is 0 Å². The van der Waals surface area contributed by atoms with Crippen LogP contribution in [0.15, 0.2) is 12.2 Å². The summed E-state index contributed by atoms with van der Waals surface area (Å²) in [4.78, 5) is 1.00. The number of hydrogen-bond acceptors (Lipinski definition) is 1. The number of thiocarbonyl (C=S) groups is 1. The van der Waals surface area contributed by atoms with Crippen molar-refractivity contribution in [2.45, 2.75) is 19.8 Å². The van der Waals surface area contributed by atoms with E-state index in [1.54, 1.807) is 0 Å². The summed E-state index contributed by atoms with van der Waals surface area (Å²) in [6.45, 7) is 5.94. The van der Waals surface area contributed by atoms with E-state index in [4.69, 9.17) is 19.7 Å². The average molecular weight is 149 g/mol. The van der Waals surface area contributed by atoms with E-state index < -0.39 is 0 Å². The SMILES string of the molecule is [B]=C1CC(=C)C(=S)CC1C. The molecule has 1 saturated carbocycles. The Morgan fingerprint density at radius 3 is 2.80 bits per heavy atom. The molecule has 51 valence electrons. The van der Waals surface area contributed by atoms with Gasteiger partial charge in [0.2, 0.25) is 0 Å². The van der Waals surface area contributed by atoms with Gasteiger partial charge in [0.15, 0.2) is 0 Å². The molecule has 1 atom stereocenters. The van der Waals surface area contributed by atoms with E-state index in [9.17, 15) is 0 Å². The Morgan fingerprint density at radius 2 is 2.30 bits per heavy atom. The normalized spacial score (nSPS) is 27.2. The second kappa shape index (κ2) is 2.79. The Balaban J connectivity index is 2.72. The molecule has 1 aliphatic rings. The van der Waals surface area contributed by atoms with E-state index in [-0.39, 0.29) is 0 Å². The van der Waals surface area contributed by atoms with Gasteiger partial charge in [-0.2, -0.15) is 0 Å². The van der Waals surface area contributed by atoms with Crippen molar-refractivity contribution in [1.82, 2.24) is 0 Å². The third-order valence-electron chi connectivity index (χ3n) is 1.94. The zero-order valence-electron chi connectivity index (χ0n) is 6.18. The van der Waals surface area contributed by atoms with Gasteiger partial charge in [0.05, 0.1) is 0 Å². The summed E-state index contributed by atoms with van der Waals surface area (Å²) in [5.41, 5.74) is 2.06. The summed E-state index contributed by atoms with van der Waals surface area (Å²) in [5.74, 6) is 0.456. The molecule has 0 N–H and O–H groups in total. The third-order valence-corrected chi connectivity index (χ3v) is 2.39. The molecule has 0 spiro atoms. The molecule has 1 rings (SSSR count). The zero-order valence-corrected chi connectivity index (χ0v) is 7.00. The summed E-state index contributed by atoms with van der Waals surface area (Å²) < 4.78 is 0. The first-order valence-electron chi connectivity index (χ1n) is 3.43. The van der Waals surface area contributed by atoms with Crippen molar-refractivity contribution in [2.75, 3.05) is 0 Å². The Bertz CT molecular complexity index is 205. The van der Waals surface area contributed by atoms with Gasteiger partial charge in [-0.25, -0.2) is 0 Å². The Hall–Kier alpha value is -0.235. The summed E-state index contributed by atoms with van der Waals surface area (Å²) in [7, 11) is 5.73. The Labute approximate surface area is 68.4 Å². The third kappa shape index (κ3) is 1.43. The van der Waals surface area contributed by atoms with Crippen LogP contribution < -0.4 is 0 Å². The fraction of sp³-hybridized carbons (Fsp3) is 0.500. The van der Waals surface area contributed by atoms with Crippen LogP contribution in [0, 0.1) is 5.92 Å². The van der Waals surface area contributed by atoms with Crippen LogP contribution in [-0.4, -0.2) is 17.8 Å². The Morgan fingerprint density at radius 1 is 1.70 bits per heavy atom. The van der Waals surface area contributed by atoms with Crippen LogP contribution in [0.25, 0.3) is 0 Å². The molecule has 1 fully saturated rings. The molecular formula is C8H10BS. The van der Waals surface area contributed by atoms with Crippen molar-refractivity contribution in [3.8, 4) is 0 Å². The van der Waals surface area contributed by atoms with E-state index >= 15 is 0 Å². The average Bonchev–Trinajstić information content (AvgIpc) is 1.84.